The Morgan fingerprint density at radius 1 is 1.20 bits per heavy atom. The van der Waals surface area contributed by atoms with Gasteiger partial charge in [0.2, 0.25) is 0 Å². The lowest BCUT2D eigenvalue weighted by Crippen LogP contribution is -2.41. The Balaban J connectivity index is 2.05. The van der Waals surface area contributed by atoms with E-state index in [1.54, 1.807) is 24.6 Å². The zero-order valence-corrected chi connectivity index (χ0v) is 13.2. The summed E-state index contributed by atoms with van der Waals surface area (Å²) < 4.78 is 18.6. The summed E-state index contributed by atoms with van der Waals surface area (Å²) in [6, 6.07) is 3.90. The van der Waals surface area contributed by atoms with Crippen molar-refractivity contribution in [3.63, 3.8) is 0 Å². The fourth-order valence-corrected chi connectivity index (χ4v) is 3.15. The highest BCUT2D eigenvalue weighted by atomic mass is 32.1. The van der Waals surface area contributed by atoms with E-state index in [-0.39, 0.29) is 18.3 Å². The van der Waals surface area contributed by atoms with Gasteiger partial charge in [-0.25, -0.2) is 0 Å². The van der Waals surface area contributed by atoms with Crippen LogP contribution >= 0.6 is 11.3 Å². The molecule has 0 atom stereocenters. The van der Waals surface area contributed by atoms with Crippen LogP contribution in [0.5, 0.6) is 5.06 Å². The molecule has 0 radical (unpaired) electrons. The van der Waals surface area contributed by atoms with Gasteiger partial charge in [-0.2, -0.15) is 0 Å². The molecule has 6 heteroatoms. The van der Waals surface area contributed by atoms with Gasteiger partial charge in [0.25, 0.3) is 0 Å². The third-order valence-electron chi connectivity index (χ3n) is 4.13. The number of nitrogens with zero attached hydrogens (tertiary/aromatic N) is 1. The summed E-state index contributed by atoms with van der Waals surface area (Å²) in [5, 5.41) is 0.844. The average molecular weight is 291 g/mol. The van der Waals surface area contributed by atoms with E-state index in [9.17, 15) is 0 Å². The number of hydrogen-bond acceptors (Lipinski definition) is 5. The third-order valence-corrected chi connectivity index (χ3v) is 5.26. The van der Waals surface area contributed by atoms with Gasteiger partial charge in [-0.05, 0) is 33.8 Å². The Labute approximate surface area is 123 Å². The fourth-order valence-electron chi connectivity index (χ4n) is 2.19. The van der Waals surface area contributed by atoms with Crippen molar-refractivity contribution in [1.82, 2.24) is 4.98 Å². The fraction of sp³-hybridized carbons (Fsp3) is 0.500. The number of pyridine rings is 1. The monoisotopic (exact) mass is 291 g/mol. The van der Waals surface area contributed by atoms with Crippen LogP contribution in [0.3, 0.4) is 0 Å². The lowest BCUT2D eigenvalue weighted by atomic mass is 9.79. The van der Waals surface area contributed by atoms with Crippen LogP contribution in [0, 0.1) is 0 Å². The predicted octanol–water partition coefficient (Wildman–Crippen LogP) is 2.60. The normalized spacial score (nSPS) is 20.6. The van der Waals surface area contributed by atoms with Crippen LogP contribution in [0.25, 0.3) is 10.2 Å². The standard InChI is InChI=1S/C14H18BNO3S/c1-13(2)14(3,4)19-15(18-13)9-6-7-16-10-8-11(17-5)20-12(9)10/h6-8H,1-5H3. The molecule has 3 heterocycles. The first-order valence-corrected chi connectivity index (χ1v) is 7.44. The van der Waals surface area contributed by atoms with Crippen LogP contribution < -0.4 is 10.2 Å². The maximum Gasteiger partial charge on any atom is 0.496 e. The van der Waals surface area contributed by atoms with E-state index in [4.69, 9.17) is 14.0 Å². The SMILES string of the molecule is COc1cc2nccc(B3OC(C)(C)C(C)(C)O3)c2s1. The number of ether oxygens (including phenoxy) is 1. The highest BCUT2D eigenvalue weighted by Gasteiger charge is 2.52. The van der Waals surface area contributed by atoms with Crippen molar-refractivity contribution in [2.24, 2.45) is 0 Å². The molecular formula is C14H18BNO3S. The van der Waals surface area contributed by atoms with Crippen LogP contribution in [0.15, 0.2) is 18.3 Å². The number of hydrogen-bond donors (Lipinski definition) is 0. The molecule has 0 unspecified atom stereocenters. The topological polar surface area (TPSA) is 40.6 Å². The molecular weight excluding hydrogens is 273 g/mol. The summed E-state index contributed by atoms with van der Waals surface area (Å²) in [4.78, 5) is 4.37. The second-order valence-electron chi connectivity index (χ2n) is 5.97. The molecule has 0 amide bonds. The Bertz CT molecular complexity index is 637. The molecule has 1 aliphatic heterocycles. The van der Waals surface area contributed by atoms with Gasteiger partial charge in [-0.3, -0.25) is 4.98 Å². The molecule has 0 N–H and O–H groups in total. The maximum absolute atomic E-state index is 6.12. The molecule has 106 valence electrons. The summed E-state index contributed by atoms with van der Waals surface area (Å²) in [7, 11) is 1.30. The van der Waals surface area contributed by atoms with Crippen molar-refractivity contribution < 1.29 is 14.0 Å². The van der Waals surface area contributed by atoms with Crippen molar-refractivity contribution in [3.05, 3.63) is 18.3 Å². The minimum Gasteiger partial charge on any atom is -0.487 e. The van der Waals surface area contributed by atoms with Crippen LogP contribution in [-0.2, 0) is 9.31 Å². The maximum atomic E-state index is 6.12. The molecule has 0 saturated carbocycles. The average Bonchev–Trinajstić information content (AvgIpc) is 2.87. The zero-order valence-electron chi connectivity index (χ0n) is 12.4. The lowest BCUT2D eigenvalue weighted by molar-refractivity contribution is 0.00578. The summed E-state index contributed by atoms with van der Waals surface area (Å²) in [6.45, 7) is 8.22. The van der Waals surface area contributed by atoms with E-state index in [0.717, 1.165) is 20.7 Å². The number of fused-ring (bicyclic) bond motifs is 1. The predicted molar refractivity (Wildman–Crippen MR) is 81.9 cm³/mol. The smallest absolute Gasteiger partial charge is 0.487 e. The number of thiophene rings is 1. The van der Waals surface area contributed by atoms with Crippen LogP contribution in [0.2, 0.25) is 0 Å². The second kappa shape index (κ2) is 4.45. The molecule has 1 saturated heterocycles. The molecule has 0 aromatic carbocycles. The molecule has 2 aromatic rings. The first-order valence-electron chi connectivity index (χ1n) is 6.62. The van der Waals surface area contributed by atoms with E-state index in [2.05, 4.69) is 32.7 Å². The quantitative estimate of drug-likeness (QED) is 0.797. The number of aromatic nitrogens is 1. The molecule has 0 bridgehead atoms. The lowest BCUT2D eigenvalue weighted by Gasteiger charge is -2.32. The Morgan fingerprint density at radius 2 is 1.85 bits per heavy atom. The van der Waals surface area contributed by atoms with Crippen molar-refractivity contribution in [2.45, 2.75) is 38.9 Å². The minimum absolute atomic E-state index is 0.339. The van der Waals surface area contributed by atoms with Crippen molar-refractivity contribution in [1.29, 1.82) is 0 Å². The van der Waals surface area contributed by atoms with E-state index < -0.39 is 0 Å². The highest BCUT2D eigenvalue weighted by Crippen LogP contribution is 2.38. The van der Waals surface area contributed by atoms with Crippen LogP contribution in [0.1, 0.15) is 27.7 Å². The van der Waals surface area contributed by atoms with Gasteiger partial charge >= 0.3 is 7.12 Å². The van der Waals surface area contributed by atoms with E-state index >= 15 is 0 Å². The molecule has 0 spiro atoms. The van der Waals surface area contributed by atoms with E-state index in [1.807, 2.05) is 12.1 Å². The molecule has 2 aromatic heterocycles. The first kappa shape index (κ1) is 13.9. The van der Waals surface area contributed by atoms with E-state index in [0.29, 0.717) is 0 Å². The van der Waals surface area contributed by atoms with Gasteiger partial charge in [0.05, 0.1) is 28.5 Å². The molecule has 1 aliphatic rings. The molecule has 1 fully saturated rings. The first-order chi connectivity index (χ1) is 9.34. The molecule has 4 nitrogen and oxygen atoms in total. The van der Waals surface area contributed by atoms with Gasteiger partial charge < -0.3 is 14.0 Å². The summed E-state index contributed by atoms with van der Waals surface area (Å²) >= 11 is 1.57. The largest absolute Gasteiger partial charge is 0.496 e. The Kier molecular flexibility index (Phi) is 3.08. The Hall–Kier alpha value is -1.11. The van der Waals surface area contributed by atoms with Crippen molar-refractivity contribution >= 4 is 34.1 Å². The summed E-state index contributed by atoms with van der Waals surface area (Å²) in [5.74, 6) is 0. The summed E-state index contributed by atoms with van der Waals surface area (Å²) in [6.07, 6.45) is 1.79. The van der Waals surface area contributed by atoms with Gasteiger partial charge in [0.1, 0.15) is 0 Å². The minimum atomic E-state index is -0.367. The molecule has 20 heavy (non-hydrogen) atoms. The van der Waals surface area contributed by atoms with Crippen molar-refractivity contribution in [3.8, 4) is 5.06 Å². The molecule has 0 aliphatic carbocycles. The van der Waals surface area contributed by atoms with Gasteiger partial charge in [-0.15, -0.1) is 0 Å². The van der Waals surface area contributed by atoms with E-state index in [1.165, 1.54) is 0 Å². The second-order valence-corrected chi connectivity index (χ2v) is 6.99. The Morgan fingerprint density at radius 3 is 2.45 bits per heavy atom. The highest BCUT2D eigenvalue weighted by molar-refractivity contribution is 7.22. The zero-order chi connectivity index (χ0) is 14.5. The number of methoxy groups -OCH3 is 1. The van der Waals surface area contributed by atoms with Crippen molar-refractivity contribution in [2.75, 3.05) is 7.11 Å². The van der Waals surface area contributed by atoms with Crippen LogP contribution in [0.4, 0.5) is 0 Å². The third kappa shape index (κ3) is 2.03. The summed E-state index contributed by atoms with van der Waals surface area (Å²) in [5.41, 5.74) is 1.25. The number of rotatable bonds is 2. The van der Waals surface area contributed by atoms with Gasteiger partial charge in [0.15, 0.2) is 5.06 Å². The van der Waals surface area contributed by atoms with Gasteiger partial charge in [-0.1, -0.05) is 11.3 Å². The van der Waals surface area contributed by atoms with Gasteiger partial charge in [0, 0.05) is 17.7 Å². The molecule has 3 rings (SSSR count). The van der Waals surface area contributed by atoms with Crippen LogP contribution in [-0.4, -0.2) is 30.4 Å².